The largest absolute Gasteiger partial charge is 0.494 e. The van der Waals surface area contributed by atoms with E-state index in [0.717, 1.165) is 12.2 Å². The molecule has 0 fully saturated rings. The Kier molecular flexibility index (Phi) is 5.15. The molecule has 0 saturated heterocycles. The summed E-state index contributed by atoms with van der Waals surface area (Å²) in [6.07, 6.45) is 0.806. The van der Waals surface area contributed by atoms with E-state index in [4.69, 9.17) is 9.84 Å². The second-order valence-corrected chi connectivity index (χ2v) is 3.62. The van der Waals surface area contributed by atoms with Crippen molar-refractivity contribution in [2.24, 2.45) is 0 Å². The molecule has 0 spiro atoms. The number of hydrogen-bond donors (Lipinski definition) is 2. The van der Waals surface area contributed by atoms with Crippen molar-refractivity contribution in [2.45, 2.75) is 19.4 Å². The van der Waals surface area contributed by atoms with E-state index < -0.39 is 0 Å². The van der Waals surface area contributed by atoms with Crippen molar-refractivity contribution in [3.63, 3.8) is 0 Å². The van der Waals surface area contributed by atoms with Gasteiger partial charge in [-0.3, -0.25) is 0 Å². The third kappa shape index (κ3) is 4.32. The van der Waals surface area contributed by atoms with Crippen LogP contribution in [0.4, 0.5) is 0 Å². The zero-order valence-electron chi connectivity index (χ0n) is 9.36. The molecule has 84 valence electrons. The highest BCUT2D eigenvalue weighted by Crippen LogP contribution is 2.12. The Balaban J connectivity index is 2.31. The van der Waals surface area contributed by atoms with Gasteiger partial charge in [-0.1, -0.05) is 12.1 Å². The first-order valence-corrected chi connectivity index (χ1v) is 5.24. The summed E-state index contributed by atoms with van der Waals surface area (Å²) in [5.74, 6) is 0.891. The Morgan fingerprint density at radius 1 is 1.47 bits per heavy atom. The van der Waals surface area contributed by atoms with E-state index >= 15 is 0 Å². The molecule has 0 saturated carbocycles. The van der Waals surface area contributed by atoms with Gasteiger partial charge in [0.25, 0.3) is 0 Å². The predicted octanol–water partition coefficient (Wildman–Crippen LogP) is 1.34. The molecule has 15 heavy (non-hydrogen) atoms. The third-order valence-electron chi connectivity index (χ3n) is 2.35. The van der Waals surface area contributed by atoms with E-state index in [2.05, 4.69) is 5.32 Å². The van der Waals surface area contributed by atoms with Gasteiger partial charge in [0.1, 0.15) is 5.75 Å². The van der Waals surface area contributed by atoms with Crippen LogP contribution in [0.1, 0.15) is 12.0 Å². The van der Waals surface area contributed by atoms with Crippen molar-refractivity contribution in [2.75, 3.05) is 20.3 Å². The first-order chi connectivity index (χ1) is 7.26. The van der Waals surface area contributed by atoms with Crippen LogP contribution in [0.2, 0.25) is 0 Å². The smallest absolute Gasteiger partial charge is 0.119 e. The number of likely N-dealkylation sites (N-methyl/N-ethyl adjacent to an activating group) is 1. The number of hydrogen-bond acceptors (Lipinski definition) is 3. The Bertz CT molecular complexity index is 285. The zero-order valence-corrected chi connectivity index (χ0v) is 9.36. The molecule has 0 aliphatic heterocycles. The molecule has 0 aromatic heterocycles. The molecule has 0 bridgehead atoms. The highest BCUT2D eigenvalue weighted by Gasteiger charge is 2.03. The topological polar surface area (TPSA) is 41.5 Å². The monoisotopic (exact) mass is 209 g/mol. The molecule has 0 radical (unpaired) electrons. The first kappa shape index (κ1) is 12.0. The number of nitrogens with one attached hydrogen (secondary N) is 1. The first-order valence-electron chi connectivity index (χ1n) is 5.24. The molecule has 1 rings (SSSR count). The molecule has 0 aliphatic carbocycles. The lowest BCUT2D eigenvalue weighted by Crippen LogP contribution is -2.30. The fourth-order valence-corrected chi connectivity index (χ4v) is 1.35. The zero-order chi connectivity index (χ0) is 11.1. The van der Waals surface area contributed by atoms with E-state index in [9.17, 15) is 0 Å². The number of aliphatic hydroxyl groups excluding tert-OH is 1. The summed E-state index contributed by atoms with van der Waals surface area (Å²) in [5.41, 5.74) is 1.19. The molecule has 1 unspecified atom stereocenters. The normalized spacial score (nSPS) is 12.5. The molecule has 3 heteroatoms. The second-order valence-electron chi connectivity index (χ2n) is 3.62. The number of ether oxygens (including phenoxy) is 1. The summed E-state index contributed by atoms with van der Waals surface area (Å²) in [7, 11) is 1.84. The maximum Gasteiger partial charge on any atom is 0.119 e. The van der Waals surface area contributed by atoms with Gasteiger partial charge in [-0.25, -0.2) is 0 Å². The lowest BCUT2D eigenvalue weighted by atomic mass is 10.2. The molecule has 1 aromatic carbocycles. The highest BCUT2D eigenvalue weighted by atomic mass is 16.5. The standard InChI is InChI=1S/C12H19NO2/c1-10-4-3-5-12(8-10)15-7-6-11(9-14)13-2/h3-5,8,11,13-14H,6-7,9H2,1-2H3. The predicted molar refractivity (Wildman–Crippen MR) is 61.2 cm³/mol. The summed E-state index contributed by atoms with van der Waals surface area (Å²) in [5, 5.41) is 12.0. The molecule has 1 aromatic rings. The summed E-state index contributed by atoms with van der Waals surface area (Å²) < 4.78 is 5.57. The van der Waals surface area contributed by atoms with Crippen molar-refractivity contribution in [3.8, 4) is 5.75 Å². The van der Waals surface area contributed by atoms with Gasteiger partial charge in [0.05, 0.1) is 13.2 Å². The highest BCUT2D eigenvalue weighted by molar-refractivity contribution is 5.27. The maximum atomic E-state index is 8.95. The van der Waals surface area contributed by atoms with Gasteiger partial charge in [-0.05, 0) is 38.1 Å². The van der Waals surface area contributed by atoms with Crippen LogP contribution in [0.25, 0.3) is 0 Å². The SMILES string of the molecule is CNC(CO)CCOc1cccc(C)c1. The van der Waals surface area contributed by atoms with E-state index in [0.29, 0.717) is 6.61 Å². The summed E-state index contributed by atoms with van der Waals surface area (Å²) in [6.45, 7) is 2.81. The molecule has 0 aliphatic rings. The molecular weight excluding hydrogens is 190 g/mol. The van der Waals surface area contributed by atoms with Crippen LogP contribution in [-0.2, 0) is 0 Å². The van der Waals surface area contributed by atoms with Gasteiger partial charge in [0.2, 0.25) is 0 Å². The molecule has 0 heterocycles. The fourth-order valence-electron chi connectivity index (χ4n) is 1.35. The lowest BCUT2D eigenvalue weighted by molar-refractivity contribution is 0.214. The number of aliphatic hydroxyl groups is 1. The van der Waals surface area contributed by atoms with Crippen molar-refractivity contribution in [3.05, 3.63) is 29.8 Å². The molecule has 3 nitrogen and oxygen atoms in total. The van der Waals surface area contributed by atoms with Crippen molar-refractivity contribution >= 4 is 0 Å². The van der Waals surface area contributed by atoms with Gasteiger partial charge in [0.15, 0.2) is 0 Å². The Morgan fingerprint density at radius 3 is 2.87 bits per heavy atom. The van der Waals surface area contributed by atoms with Gasteiger partial charge in [0, 0.05) is 6.04 Å². The number of rotatable bonds is 6. The van der Waals surface area contributed by atoms with Crippen LogP contribution >= 0.6 is 0 Å². The van der Waals surface area contributed by atoms with Crippen LogP contribution in [-0.4, -0.2) is 31.4 Å². The van der Waals surface area contributed by atoms with Gasteiger partial charge in [-0.2, -0.15) is 0 Å². The molecule has 0 amide bonds. The lowest BCUT2D eigenvalue weighted by Gasteiger charge is -2.13. The fraction of sp³-hybridized carbons (Fsp3) is 0.500. The van der Waals surface area contributed by atoms with Crippen molar-refractivity contribution in [1.29, 1.82) is 0 Å². The summed E-state index contributed by atoms with van der Waals surface area (Å²) in [6, 6.07) is 8.09. The Hall–Kier alpha value is -1.06. The van der Waals surface area contributed by atoms with Crippen LogP contribution in [0.3, 0.4) is 0 Å². The van der Waals surface area contributed by atoms with Gasteiger partial charge < -0.3 is 15.2 Å². The number of aryl methyl sites for hydroxylation is 1. The Labute approximate surface area is 91.1 Å². The molecule has 1 atom stereocenters. The molecular formula is C12H19NO2. The average Bonchev–Trinajstić information content (AvgIpc) is 2.25. The minimum absolute atomic E-state index is 0.120. The van der Waals surface area contributed by atoms with Crippen LogP contribution in [0.15, 0.2) is 24.3 Å². The quantitative estimate of drug-likeness (QED) is 0.743. The molecule has 2 N–H and O–H groups in total. The van der Waals surface area contributed by atoms with E-state index in [1.807, 2.05) is 38.2 Å². The minimum Gasteiger partial charge on any atom is -0.494 e. The number of benzene rings is 1. The van der Waals surface area contributed by atoms with Gasteiger partial charge >= 0.3 is 0 Å². The van der Waals surface area contributed by atoms with Crippen molar-refractivity contribution < 1.29 is 9.84 Å². The van der Waals surface area contributed by atoms with Gasteiger partial charge in [-0.15, -0.1) is 0 Å². The summed E-state index contributed by atoms with van der Waals surface area (Å²) in [4.78, 5) is 0. The van der Waals surface area contributed by atoms with E-state index in [1.54, 1.807) is 0 Å². The van der Waals surface area contributed by atoms with Crippen LogP contribution in [0.5, 0.6) is 5.75 Å². The van der Waals surface area contributed by atoms with Crippen LogP contribution < -0.4 is 10.1 Å². The minimum atomic E-state index is 0.120. The van der Waals surface area contributed by atoms with Crippen LogP contribution in [0, 0.1) is 6.92 Å². The van der Waals surface area contributed by atoms with Crippen molar-refractivity contribution in [1.82, 2.24) is 5.32 Å². The average molecular weight is 209 g/mol. The maximum absolute atomic E-state index is 8.95. The Morgan fingerprint density at radius 2 is 2.27 bits per heavy atom. The van der Waals surface area contributed by atoms with E-state index in [1.165, 1.54) is 5.56 Å². The second kappa shape index (κ2) is 6.43. The third-order valence-corrected chi connectivity index (χ3v) is 2.35. The summed E-state index contributed by atoms with van der Waals surface area (Å²) >= 11 is 0. The van der Waals surface area contributed by atoms with E-state index in [-0.39, 0.29) is 12.6 Å².